The van der Waals surface area contributed by atoms with Crippen LogP contribution < -0.4 is 10.9 Å². The first-order chi connectivity index (χ1) is 9.74. The fourth-order valence-corrected chi connectivity index (χ4v) is 2.85. The van der Waals surface area contributed by atoms with Crippen LogP contribution >= 0.6 is 11.3 Å². The summed E-state index contributed by atoms with van der Waals surface area (Å²) in [4.78, 5) is 17.7. The quantitative estimate of drug-likeness (QED) is 0.801. The number of thiophene rings is 1. The average Bonchev–Trinajstić information content (AvgIpc) is 2.99. The number of aromatic nitrogens is 2. The van der Waals surface area contributed by atoms with Crippen LogP contribution in [0.15, 0.2) is 52.8 Å². The van der Waals surface area contributed by atoms with Crippen LogP contribution in [-0.2, 0) is 6.54 Å². The monoisotopic (exact) mass is 285 g/mol. The molecule has 1 N–H and O–H groups in total. The molecule has 0 spiro atoms. The predicted octanol–water partition coefficient (Wildman–Crippen LogP) is 2.61. The van der Waals surface area contributed by atoms with Crippen LogP contribution in [0, 0.1) is 0 Å². The largest absolute Gasteiger partial charge is 0.304 e. The summed E-state index contributed by atoms with van der Waals surface area (Å²) in [6, 6.07) is 11.5. The minimum absolute atomic E-state index is 0.0452. The highest BCUT2D eigenvalue weighted by Gasteiger charge is 2.07. The van der Waals surface area contributed by atoms with Crippen molar-refractivity contribution in [2.75, 3.05) is 0 Å². The third kappa shape index (κ3) is 2.64. The van der Waals surface area contributed by atoms with Gasteiger partial charge in [0.05, 0.1) is 5.69 Å². The van der Waals surface area contributed by atoms with Gasteiger partial charge in [0.15, 0.2) is 0 Å². The molecule has 0 fully saturated rings. The molecule has 0 radical (unpaired) electrons. The molecule has 0 saturated heterocycles. The van der Waals surface area contributed by atoms with Gasteiger partial charge >= 0.3 is 0 Å². The van der Waals surface area contributed by atoms with Gasteiger partial charge in [0, 0.05) is 29.7 Å². The number of nitrogens with zero attached hydrogens (tertiary/aromatic N) is 2. The highest BCUT2D eigenvalue weighted by molar-refractivity contribution is 7.10. The summed E-state index contributed by atoms with van der Waals surface area (Å²) in [6.45, 7) is 2.69. The molecule has 0 aromatic carbocycles. The Morgan fingerprint density at radius 1 is 1.35 bits per heavy atom. The van der Waals surface area contributed by atoms with E-state index >= 15 is 0 Å². The zero-order valence-corrected chi connectivity index (χ0v) is 11.9. The Morgan fingerprint density at radius 2 is 2.25 bits per heavy atom. The van der Waals surface area contributed by atoms with Crippen LogP contribution in [0.5, 0.6) is 0 Å². The Hall–Kier alpha value is -1.98. The molecule has 3 aromatic heterocycles. The molecule has 0 saturated carbocycles. The van der Waals surface area contributed by atoms with Crippen LogP contribution in [0.4, 0.5) is 0 Å². The summed E-state index contributed by atoms with van der Waals surface area (Å²) in [7, 11) is 0. The van der Waals surface area contributed by atoms with Crippen LogP contribution in [0.25, 0.3) is 5.65 Å². The number of pyridine rings is 1. The van der Waals surface area contributed by atoms with E-state index in [1.54, 1.807) is 28.0 Å². The van der Waals surface area contributed by atoms with E-state index in [9.17, 15) is 4.79 Å². The second-order valence-electron chi connectivity index (χ2n) is 4.63. The molecule has 0 aliphatic heterocycles. The van der Waals surface area contributed by atoms with E-state index in [0.29, 0.717) is 12.2 Å². The van der Waals surface area contributed by atoms with Crippen molar-refractivity contribution in [2.24, 2.45) is 0 Å². The number of hydrogen-bond acceptors (Lipinski definition) is 4. The first-order valence-corrected chi connectivity index (χ1v) is 7.36. The maximum Gasteiger partial charge on any atom is 0.258 e. The average molecular weight is 285 g/mol. The molecule has 1 atom stereocenters. The Balaban J connectivity index is 1.80. The lowest BCUT2D eigenvalue weighted by molar-refractivity contribution is 0.575. The second kappa shape index (κ2) is 5.56. The van der Waals surface area contributed by atoms with E-state index in [-0.39, 0.29) is 11.6 Å². The SMILES string of the molecule is CC(NCc1cc(=O)n2ccccc2n1)c1cccs1. The molecule has 0 amide bonds. The zero-order valence-electron chi connectivity index (χ0n) is 11.1. The van der Waals surface area contributed by atoms with Crippen molar-refractivity contribution in [3.8, 4) is 0 Å². The molecular formula is C15H15N3OS. The summed E-state index contributed by atoms with van der Waals surface area (Å²) < 4.78 is 1.55. The van der Waals surface area contributed by atoms with Gasteiger partial charge in [-0.1, -0.05) is 12.1 Å². The van der Waals surface area contributed by atoms with Crippen LogP contribution in [-0.4, -0.2) is 9.38 Å². The van der Waals surface area contributed by atoms with Gasteiger partial charge in [0.1, 0.15) is 5.65 Å². The number of hydrogen-bond donors (Lipinski definition) is 1. The summed E-state index contributed by atoms with van der Waals surface area (Å²) in [5.41, 5.74) is 1.40. The van der Waals surface area contributed by atoms with Crippen molar-refractivity contribution >= 4 is 17.0 Å². The van der Waals surface area contributed by atoms with Crippen LogP contribution in [0.3, 0.4) is 0 Å². The summed E-state index contributed by atoms with van der Waals surface area (Å²) >= 11 is 1.72. The van der Waals surface area contributed by atoms with Crippen molar-refractivity contribution in [3.63, 3.8) is 0 Å². The highest BCUT2D eigenvalue weighted by atomic mass is 32.1. The standard InChI is InChI=1S/C15H15N3OS/c1-11(13-5-4-8-20-13)16-10-12-9-15(19)18-7-3-2-6-14(18)17-12/h2-9,11,16H,10H2,1H3. The molecular weight excluding hydrogens is 270 g/mol. The maximum atomic E-state index is 12.0. The first-order valence-electron chi connectivity index (χ1n) is 6.48. The number of fused-ring (bicyclic) bond motifs is 1. The van der Waals surface area contributed by atoms with Gasteiger partial charge in [-0.15, -0.1) is 11.3 Å². The lowest BCUT2D eigenvalue weighted by atomic mass is 10.2. The van der Waals surface area contributed by atoms with Crippen LogP contribution in [0.1, 0.15) is 23.5 Å². The predicted molar refractivity (Wildman–Crippen MR) is 81.0 cm³/mol. The Morgan fingerprint density at radius 3 is 3.05 bits per heavy atom. The second-order valence-corrected chi connectivity index (χ2v) is 5.61. The van der Waals surface area contributed by atoms with E-state index in [0.717, 1.165) is 5.69 Å². The molecule has 0 aliphatic rings. The van der Waals surface area contributed by atoms with Gasteiger partial charge in [-0.05, 0) is 30.5 Å². The van der Waals surface area contributed by atoms with E-state index in [2.05, 4.69) is 28.7 Å². The summed E-state index contributed by atoms with van der Waals surface area (Å²) in [5.74, 6) is 0. The van der Waals surface area contributed by atoms with Crippen molar-refractivity contribution < 1.29 is 0 Å². The Bertz CT molecular complexity index is 764. The zero-order chi connectivity index (χ0) is 13.9. The number of nitrogens with one attached hydrogen (secondary N) is 1. The minimum Gasteiger partial charge on any atom is -0.304 e. The van der Waals surface area contributed by atoms with Crippen molar-refractivity contribution in [1.29, 1.82) is 0 Å². The summed E-state index contributed by atoms with van der Waals surface area (Å²) in [6.07, 6.45) is 1.73. The molecule has 4 nitrogen and oxygen atoms in total. The molecule has 0 aliphatic carbocycles. The molecule has 5 heteroatoms. The minimum atomic E-state index is -0.0452. The number of rotatable bonds is 4. The molecule has 0 bridgehead atoms. The smallest absolute Gasteiger partial charge is 0.258 e. The molecule has 20 heavy (non-hydrogen) atoms. The maximum absolute atomic E-state index is 12.0. The van der Waals surface area contributed by atoms with Gasteiger partial charge < -0.3 is 5.32 Å². The van der Waals surface area contributed by atoms with Crippen molar-refractivity contribution in [1.82, 2.24) is 14.7 Å². The highest BCUT2D eigenvalue weighted by Crippen LogP contribution is 2.18. The van der Waals surface area contributed by atoms with E-state index in [4.69, 9.17) is 0 Å². The molecule has 3 aromatic rings. The Kier molecular flexibility index (Phi) is 3.62. The third-order valence-electron chi connectivity index (χ3n) is 3.18. The van der Waals surface area contributed by atoms with Crippen molar-refractivity contribution in [3.05, 3.63) is 68.9 Å². The fourth-order valence-electron chi connectivity index (χ4n) is 2.09. The normalized spacial score (nSPS) is 12.7. The van der Waals surface area contributed by atoms with Crippen LogP contribution in [0.2, 0.25) is 0 Å². The fraction of sp³-hybridized carbons (Fsp3) is 0.200. The summed E-state index contributed by atoms with van der Waals surface area (Å²) in [5, 5.41) is 5.46. The van der Waals surface area contributed by atoms with Gasteiger partial charge in [0.25, 0.3) is 5.56 Å². The van der Waals surface area contributed by atoms with Gasteiger partial charge in [-0.3, -0.25) is 9.20 Å². The van der Waals surface area contributed by atoms with Gasteiger partial charge in [-0.2, -0.15) is 0 Å². The molecule has 1 unspecified atom stereocenters. The lowest BCUT2D eigenvalue weighted by Crippen LogP contribution is -2.21. The first kappa shape index (κ1) is 13.0. The van der Waals surface area contributed by atoms with Crippen molar-refractivity contribution in [2.45, 2.75) is 19.5 Å². The van der Waals surface area contributed by atoms with Gasteiger partial charge in [0.2, 0.25) is 0 Å². The van der Waals surface area contributed by atoms with E-state index in [1.807, 2.05) is 24.3 Å². The van der Waals surface area contributed by atoms with Gasteiger partial charge in [-0.25, -0.2) is 4.98 Å². The molecule has 3 heterocycles. The molecule has 102 valence electrons. The third-order valence-corrected chi connectivity index (χ3v) is 4.24. The Labute approximate surface area is 120 Å². The topological polar surface area (TPSA) is 46.4 Å². The lowest BCUT2D eigenvalue weighted by Gasteiger charge is -2.11. The van der Waals surface area contributed by atoms with E-state index < -0.39 is 0 Å². The van der Waals surface area contributed by atoms with E-state index in [1.165, 1.54) is 4.88 Å². The molecule has 3 rings (SSSR count).